The third-order valence-corrected chi connectivity index (χ3v) is 9.57. The summed E-state index contributed by atoms with van der Waals surface area (Å²) >= 11 is 0. The minimum atomic E-state index is -0.123. The molecule has 0 bridgehead atoms. The molecule has 1 radical (unpaired) electrons. The van der Waals surface area contributed by atoms with Gasteiger partial charge in [0, 0.05) is 5.92 Å². The van der Waals surface area contributed by atoms with E-state index < -0.39 is 0 Å². The fourth-order valence-electron chi connectivity index (χ4n) is 7.05. The SMILES string of the molecule is Cc1ccc(C(c2ccccc2)=c2cc3c(c(C4=CC(C(C)(C)C)=CC4C)c2C(C)(C)C)=[C]c2cc(C(C)(C)C)ccc2-3)cc1. The second kappa shape index (κ2) is 10.9. The van der Waals surface area contributed by atoms with Gasteiger partial charge in [0.15, 0.2) is 0 Å². The molecular formula is C45H49. The summed E-state index contributed by atoms with van der Waals surface area (Å²) < 4.78 is 0. The smallest absolute Gasteiger partial charge is 0.000196 e. The van der Waals surface area contributed by atoms with Crippen LogP contribution in [0.2, 0.25) is 0 Å². The highest BCUT2D eigenvalue weighted by Gasteiger charge is 2.32. The number of hydrogen-bond donors (Lipinski definition) is 0. The lowest BCUT2D eigenvalue weighted by Crippen LogP contribution is -2.33. The molecule has 2 aliphatic carbocycles. The van der Waals surface area contributed by atoms with E-state index in [9.17, 15) is 0 Å². The van der Waals surface area contributed by atoms with Crippen LogP contribution in [0.15, 0.2) is 96.6 Å². The van der Waals surface area contributed by atoms with E-state index in [0.717, 1.165) is 0 Å². The molecule has 0 N–H and O–H groups in total. The number of hydrogen-bond acceptors (Lipinski definition) is 0. The molecule has 1 unspecified atom stereocenters. The van der Waals surface area contributed by atoms with Gasteiger partial charge in [-0.05, 0) is 113 Å². The van der Waals surface area contributed by atoms with Crippen molar-refractivity contribution in [2.75, 3.05) is 0 Å². The maximum Gasteiger partial charge on any atom is 0.000196 e. The Hall–Kier alpha value is -3.90. The summed E-state index contributed by atoms with van der Waals surface area (Å²) in [5.41, 5.74) is 15.8. The fraction of sp³-hybridized carbons (Fsp3) is 0.333. The summed E-state index contributed by atoms with van der Waals surface area (Å²) in [5.74, 6) is 0.315. The van der Waals surface area contributed by atoms with Gasteiger partial charge in [-0.15, -0.1) is 0 Å². The van der Waals surface area contributed by atoms with E-state index in [0.29, 0.717) is 5.92 Å². The van der Waals surface area contributed by atoms with Gasteiger partial charge in [0.2, 0.25) is 0 Å². The van der Waals surface area contributed by atoms with Gasteiger partial charge in [-0.3, -0.25) is 0 Å². The van der Waals surface area contributed by atoms with Crippen LogP contribution in [0.4, 0.5) is 0 Å². The summed E-state index contributed by atoms with van der Waals surface area (Å²) in [4.78, 5) is 0. The molecule has 0 saturated heterocycles. The highest BCUT2D eigenvalue weighted by Crippen LogP contribution is 2.43. The molecule has 4 aromatic rings. The van der Waals surface area contributed by atoms with Gasteiger partial charge < -0.3 is 0 Å². The fourth-order valence-corrected chi connectivity index (χ4v) is 7.05. The Kier molecular flexibility index (Phi) is 7.51. The molecule has 0 heteroatoms. The van der Waals surface area contributed by atoms with Crippen molar-refractivity contribution in [1.29, 1.82) is 0 Å². The van der Waals surface area contributed by atoms with Gasteiger partial charge in [-0.2, -0.15) is 0 Å². The van der Waals surface area contributed by atoms with Crippen molar-refractivity contribution in [2.24, 2.45) is 11.3 Å². The minimum Gasteiger partial charge on any atom is -0.0735 e. The molecule has 0 aromatic heterocycles. The lowest BCUT2D eigenvalue weighted by atomic mass is 9.75. The van der Waals surface area contributed by atoms with Gasteiger partial charge in [0.05, 0.1) is 0 Å². The van der Waals surface area contributed by atoms with Gasteiger partial charge in [0.25, 0.3) is 0 Å². The van der Waals surface area contributed by atoms with Crippen LogP contribution in [0, 0.1) is 18.3 Å². The zero-order valence-electron chi connectivity index (χ0n) is 29.2. The summed E-state index contributed by atoms with van der Waals surface area (Å²) in [6, 6.07) is 29.6. The highest BCUT2D eigenvalue weighted by molar-refractivity contribution is 5.92. The molecule has 0 saturated carbocycles. The number of benzene rings is 4. The molecule has 0 spiro atoms. The van der Waals surface area contributed by atoms with Crippen molar-refractivity contribution >= 4 is 17.2 Å². The van der Waals surface area contributed by atoms with Crippen LogP contribution in [0.1, 0.15) is 108 Å². The predicted molar refractivity (Wildman–Crippen MR) is 195 cm³/mol. The Bertz CT molecular complexity index is 1970. The lowest BCUT2D eigenvalue weighted by molar-refractivity contribution is 0.516. The summed E-state index contributed by atoms with van der Waals surface area (Å²) in [6.45, 7) is 25.6. The Morgan fingerprint density at radius 1 is 0.667 bits per heavy atom. The van der Waals surface area contributed by atoms with Gasteiger partial charge in [-0.25, -0.2) is 0 Å². The second-order valence-corrected chi connectivity index (χ2v) is 16.3. The van der Waals surface area contributed by atoms with E-state index in [1.165, 1.54) is 77.2 Å². The summed E-state index contributed by atoms with van der Waals surface area (Å²) in [5, 5.41) is 2.57. The number of aryl methyl sites for hydroxylation is 1. The molecule has 0 fully saturated rings. The maximum atomic E-state index is 4.00. The van der Waals surface area contributed by atoms with E-state index in [2.05, 4.69) is 173 Å². The molecule has 229 valence electrons. The second-order valence-electron chi connectivity index (χ2n) is 16.3. The zero-order valence-corrected chi connectivity index (χ0v) is 29.2. The molecule has 6 rings (SSSR count). The first-order chi connectivity index (χ1) is 21.0. The average Bonchev–Trinajstić information content (AvgIpc) is 3.53. The zero-order chi connectivity index (χ0) is 32.5. The predicted octanol–water partition coefficient (Wildman–Crippen LogP) is 10.5. The molecule has 0 aliphatic heterocycles. The van der Waals surface area contributed by atoms with Crippen LogP contribution < -0.4 is 10.4 Å². The van der Waals surface area contributed by atoms with Crippen molar-refractivity contribution in [3.63, 3.8) is 0 Å². The first kappa shape index (κ1) is 31.1. The Morgan fingerprint density at radius 3 is 1.89 bits per heavy atom. The number of rotatable bonds is 3. The normalized spacial score (nSPS) is 16.9. The van der Waals surface area contributed by atoms with Crippen LogP contribution in [0.5, 0.6) is 0 Å². The Labute approximate surface area is 271 Å². The largest absolute Gasteiger partial charge is 0.0735 e. The highest BCUT2D eigenvalue weighted by atomic mass is 14.4. The monoisotopic (exact) mass is 589 g/mol. The van der Waals surface area contributed by atoms with Crippen molar-refractivity contribution in [3.05, 3.63) is 146 Å². The lowest BCUT2D eigenvalue weighted by Gasteiger charge is -2.28. The van der Waals surface area contributed by atoms with E-state index in [1.54, 1.807) is 0 Å². The van der Waals surface area contributed by atoms with Gasteiger partial charge >= 0.3 is 0 Å². The van der Waals surface area contributed by atoms with Gasteiger partial charge in [-0.1, -0.05) is 154 Å². The van der Waals surface area contributed by atoms with E-state index >= 15 is 0 Å². The third-order valence-electron chi connectivity index (χ3n) is 9.57. The quantitative estimate of drug-likeness (QED) is 0.196. The van der Waals surface area contributed by atoms with Crippen molar-refractivity contribution in [3.8, 4) is 11.1 Å². The topological polar surface area (TPSA) is 0 Å². The van der Waals surface area contributed by atoms with Crippen molar-refractivity contribution in [2.45, 2.75) is 87.0 Å². The van der Waals surface area contributed by atoms with Gasteiger partial charge in [0.1, 0.15) is 0 Å². The van der Waals surface area contributed by atoms with Crippen LogP contribution in [-0.4, -0.2) is 0 Å². The number of allylic oxidation sites excluding steroid dienone is 4. The molecule has 2 aliphatic rings. The minimum absolute atomic E-state index is 0.0732. The Balaban J connectivity index is 1.84. The molecule has 45 heavy (non-hydrogen) atoms. The van der Waals surface area contributed by atoms with Crippen molar-refractivity contribution in [1.82, 2.24) is 0 Å². The van der Waals surface area contributed by atoms with Crippen LogP contribution in [-0.2, 0) is 10.8 Å². The van der Waals surface area contributed by atoms with E-state index in [4.69, 9.17) is 0 Å². The summed E-state index contributed by atoms with van der Waals surface area (Å²) in [6.07, 6.45) is 8.99. The first-order valence-electron chi connectivity index (χ1n) is 16.6. The number of fused-ring (bicyclic) bond motifs is 3. The maximum absolute atomic E-state index is 4.00. The van der Waals surface area contributed by atoms with E-state index in [-0.39, 0.29) is 16.2 Å². The molecule has 1 atom stereocenters. The third kappa shape index (κ3) is 5.69. The summed E-state index contributed by atoms with van der Waals surface area (Å²) in [7, 11) is 0. The van der Waals surface area contributed by atoms with Crippen molar-refractivity contribution < 1.29 is 0 Å². The van der Waals surface area contributed by atoms with Crippen LogP contribution in [0.25, 0.3) is 28.3 Å². The molecule has 0 heterocycles. The first-order valence-corrected chi connectivity index (χ1v) is 16.6. The average molecular weight is 590 g/mol. The molecule has 4 aromatic carbocycles. The van der Waals surface area contributed by atoms with E-state index in [1.807, 2.05) is 0 Å². The standard InChI is InChI=1S/C45H49/c1-28-17-19-31(20-18-28)40(30-15-13-12-14-16-30)39-27-37-35-22-21-33(43(3,4)5)24-32(35)25-38(37)41(42(39)45(9,10)11)36-26-34(23-29(36)2)44(6,7)8/h12-24,26-27,29H,1-11H3. The van der Waals surface area contributed by atoms with Crippen LogP contribution >= 0.6 is 0 Å². The van der Waals surface area contributed by atoms with Crippen LogP contribution in [0.3, 0.4) is 0 Å². The molecule has 0 nitrogen and oxygen atoms in total. The Morgan fingerprint density at radius 2 is 1.31 bits per heavy atom. The molecule has 0 amide bonds. The molecular weight excluding hydrogens is 540 g/mol.